The third kappa shape index (κ3) is 3.65. The van der Waals surface area contributed by atoms with Crippen LogP contribution in [0.4, 0.5) is 0 Å². The standard InChI is InChI=1S/C20H13BrO5/c1-11-2-3-12-9-14(20(25)26-18(12)8-11)5-7-17(22)15-6-4-13(19(23)24)10-16(15)21/h2-10H,1H3,(H,23,24)/b7-5+. The van der Waals surface area contributed by atoms with Crippen LogP contribution in [-0.4, -0.2) is 16.9 Å². The highest BCUT2D eigenvalue weighted by molar-refractivity contribution is 9.10. The normalized spacial score (nSPS) is 11.2. The maximum absolute atomic E-state index is 12.3. The zero-order chi connectivity index (χ0) is 18.8. The Morgan fingerprint density at radius 3 is 2.58 bits per heavy atom. The molecular weight excluding hydrogens is 400 g/mol. The third-order valence-electron chi connectivity index (χ3n) is 3.81. The summed E-state index contributed by atoms with van der Waals surface area (Å²) in [6, 6.07) is 11.3. The molecule has 2 aromatic carbocycles. The van der Waals surface area contributed by atoms with Gasteiger partial charge in [0.1, 0.15) is 5.58 Å². The van der Waals surface area contributed by atoms with E-state index in [4.69, 9.17) is 9.52 Å². The zero-order valence-corrected chi connectivity index (χ0v) is 15.2. The van der Waals surface area contributed by atoms with E-state index >= 15 is 0 Å². The van der Waals surface area contributed by atoms with Crippen molar-refractivity contribution in [3.63, 3.8) is 0 Å². The quantitative estimate of drug-likeness (QED) is 0.388. The summed E-state index contributed by atoms with van der Waals surface area (Å²) in [5.74, 6) is -1.44. The van der Waals surface area contributed by atoms with Gasteiger partial charge >= 0.3 is 11.6 Å². The van der Waals surface area contributed by atoms with Crippen LogP contribution in [0.5, 0.6) is 0 Å². The van der Waals surface area contributed by atoms with Gasteiger partial charge in [0.25, 0.3) is 0 Å². The van der Waals surface area contributed by atoms with Gasteiger partial charge in [0.2, 0.25) is 0 Å². The second-order valence-corrected chi connectivity index (χ2v) is 6.58. The van der Waals surface area contributed by atoms with Gasteiger partial charge in [-0.2, -0.15) is 0 Å². The van der Waals surface area contributed by atoms with Crippen molar-refractivity contribution in [2.75, 3.05) is 0 Å². The van der Waals surface area contributed by atoms with Crippen molar-refractivity contribution in [2.45, 2.75) is 6.92 Å². The van der Waals surface area contributed by atoms with Crippen molar-refractivity contribution >= 4 is 44.7 Å². The average Bonchev–Trinajstić information content (AvgIpc) is 2.59. The van der Waals surface area contributed by atoms with Crippen molar-refractivity contribution in [1.29, 1.82) is 0 Å². The lowest BCUT2D eigenvalue weighted by molar-refractivity contribution is 0.0696. The lowest BCUT2D eigenvalue weighted by Gasteiger charge is -2.02. The van der Waals surface area contributed by atoms with Crippen molar-refractivity contribution in [3.05, 3.63) is 85.7 Å². The topological polar surface area (TPSA) is 84.6 Å². The number of halogens is 1. The number of ketones is 1. The molecule has 0 amide bonds. The molecule has 0 saturated heterocycles. The minimum Gasteiger partial charge on any atom is -0.478 e. The minimum absolute atomic E-state index is 0.0721. The summed E-state index contributed by atoms with van der Waals surface area (Å²) >= 11 is 3.20. The lowest BCUT2D eigenvalue weighted by atomic mass is 10.1. The van der Waals surface area contributed by atoms with Gasteiger partial charge in [-0.05, 0) is 55.0 Å². The number of fused-ring (bicyclic) bond motifs is 1. The van der Waals surface area contributed by atoms with Crippen molar-refractivity contribution in [1.82, 2.24) is 0 Å². The fourth-order valence-corrected chi connectivity index (χ4v) is 3.03. The Morgan fingerprint density at radius 2 is 1.88 bits per heavy atom. The van der Waals surface area contributed by atoms with Crippen LogP contribution in [0.3, 0.4) is 0 Å². The van der Waals surface area contributed by atoms with Gasteiger partial charge in [0, 0.05) is 15.4 Å². The maximum Gasteiger partial charge on any atom is 0.343 e. The average molecular weight is 413 g/mol. The first-order valence-corrected chi connectivity index (χ1v) is 8.44. The highest BCUT2D eigenvalue weighted by Gasteiger charge is 2.11. The van der Waals surface area contributed by atoms with Crippen molar-refractivity contribution in [2.24, 2.45) is 0 Å². The van der Waals surface area contributed by atoms with E-state index in [1.807, 2.05) is 19.1 Å². The van der Waals surface area contributed by atoms with E-state index in [2.05, 4.69) is 15.9 Å². The number of carboxylic acids is 1. The summed E-state index contributed by atoms with van der Waals surface area (Å²) in [6.45, 7) is 1.90. The molecule has 0 aliphatic heterocycles. The van der Waals surface area contributed by atoms with Crippen LogP contribution >= 0.6 is 15.9 Å². The SMILES string of the molecule is Cc1ccc2cc(/C=C/C(=O)c3ccc(C(=O)O)cc3Br)c(=O)oc2c1. The number of aromatic carboxylic acids is 1. The maximum atomic E-state index is 12.3. The van der Waals surface area contributed by atoms with Gasteiger partial charge in [-0.25, -0.2) is 9.59 Å². The molecule has 5 nitrogen and oxygen atoms in total. The molecule has 0 aliphatic carbocycles. The summed E-state index contributed by atoms with van der Waals surface area (Å²) in [4.78, 5) is 35.4. The van der Waals surface area contributed by atoms with E-state index in [1.165, 1.54) is 30.4 Å². The summed E-state index contributed by atoms with van der Waals surface area (Å²) in [5, 5.41) is 9.72. The molecule has 0 spiro atoms. The molecule has 130 valence electrons. The van der Waals surface area contributed by atoms with E-state index in [-0.39, 0.29) is 16.9 Å². The summed E-state index contributed by atoms with van der Waals surface area (Å²) in [7, 11) is 0. The third-order valence-corrected chi connectivity index (χ3v) is 4.47. The summed E-state index contributed by atoms with van der Waals surface area (Å²) in [6.07, 6.45) is 2.65. The number of carboxylic acid groups (broad SMARTS) is 1. The van der Waals surface area contributed by atoms with Gasteiger partial charge in [-0.15, -0.1) is 0 Å². The number of rotatable bonds is 4. The Morgan fingerprint density at radius 1 is 1.12 bits per heavy atom. The number of hydrogen-bond donors (Lipinski definition) is 1. The Labute approximate surface area is 156 Å². The van der Waals surface area contributed by atoms with Crippen LogP contribution in [0.25, 0.3) is 17.0 Å². The fraction of sp³-hybridized carbons (Fsp3) is 0.0500. The molecule has 3 aromatic rings. The Kier molecular flexibility index (Phi) is 4.86. The van der Waals surface area contributed by atoms with E-state index in [0.29, 0.717) is 15.6 Å². The second-order valence-electron chi connectivity index (χ2n) is 5.73. The molecule has 0 saturated carbocycles. The van der Waals surface area contributed by atoms with Crippen LogP contribution in [0.1, 0.15) is 31.8 Å². The second kappa shape index (κ2) is 7.09. The monoisotopic (exact) mass is 412 g/mol. The van der Waals surface area contributed by atoms with Crippen LogP contribution in [0.2, 0.25) is 0 Å². The van der Waals surface area contributed by atoms with Gasteiger partial charge in [-0.3, -0.25) is 4.79 Å². The van der Waals surface area contributed by atoms with Crippen LogP contribution < -0.4 is 5.63 Å². The number of hydrogen-bond acceptors (Lipinski definition) is 4. The molecule has 3 rings (SSSR count). The molecule has 0 fully saturated rings. The molecule has 1 aromatic heterocycles. The molecule has 0 unspecified atom stereocenters. The minimum atomic E-state index is -1.08. The Bertz CT molecular complexity index is 1120. The Hall–Kier alpha value is -2.99. The molecule has 1 heterocycles. The first-order valence-electron chi connectivity index (χ1n) is 7.65. The largest absolute Gasteiger partial charge is 0.478 e. The molecule has 0 aliphatic rings. The van der Waals surface area contributed by atoms with Gasteiger partial charge < -0.3 is 9.52 Å². The highest BCUT2D eigenvalue weighted by atomic mass is 79.9. The van der Waals surface area contributed by atoms with E-state index in [9.17, 15) is 14.4 Å². The molecule has 6 heteroatoms. The predicted molar refractivity (Wildman–Crippen MR) is 102 cm³/mol. The number of benzene rings is 2. The summed E-state index contributed by atoms with van der Waals surface area (Å²) in [5.41, 5.74) is 1.56. The first-order chi connectivity index (χ1) is 12.3. The highest BCUT2D eigenvalue weighted by Crippen LogP contribution is 2.20. The fourth-order valence-electron chi connectivity index (χ4n) is 2.45. The number of carbonyl (C=O) groups is 2. The van der Waals surface area contributed by atoms with Gasteiger partial charge in [0.05, 0.1) is 11.1 Å². The van der Waals surface area contributed by atoms with Crippen molar-refractivity contribution < 1.29 is 19.1 Å². The molecular formula is C20H13BrO5. The first kappa shape index (κ1) is 17.8. The van der Waals surface area contributed by atoms with Crippen LogP contribution in [0, 0.1) is 6.92 Å². The number of aryl methyl sites for hydroxylation is 1. The number of carbonyl (C=O) groups excluding carboxylic acids is 1. The molecule has 0 atom stereocenters. The summed E-state index contributed by atoms with van der Waals surface area (Å²) < 4.78 is 5.65. The number of allylic oxidation sites excluding steroid dienone is 1. The van der Waals surface area contributed by atoms with Gasteiger partial charge in [0.15, 0.2) is 5.78 Å². The molecule has 0 bridgehead atoms. The smallest absolute Gasteiger partial charge is 0.343 e. The van der Waals surface area contributed by atoms with Gasteiger partial charge in [-0.1, -0.05) is 28.1 Å². The van der Waals surface area contributed by atoms with Crippen molar-refractivity contribution in [3.8, 4) is 0 Å². The predicted octanol–water partition coefficient (Wildman–Crippen LogP) is 4.46. The van der Waals surface area contributed by atoms with E-state index in [0.717, 1.165) is 10.9 Å². The van der Waals surface area contributed by atoms with E-state index in [1.54, 1.807) is 12.1 Å². The van der Waals surface area contributed by atoms with Crippen LogP contribution in [0.15, 0.2) is 62.2 Å². The lowest BCUT2D eigenvalue weighted by Crippen LogP contribution is -2.04. The molecule has 0 radical (unpaired) electrons. The molecule has 1 N–H and O–H groups in total. The zero-order valence-electron chi connectivity index (χ0n) is 13.7. The molecule has 26 heavy (non-hydrogen) atoms. The van der Waals surface area contributed by atoms with Crippen LogP contribution in [-0.2, 0) is 0 Å². The Balaban J connectivity index is 1.92. The van der Waals surface area contributed by atoms with E-state index < -0.39 is 11.6 Å².